The molecule has 1 aromatic heterocycles. The van der Waals surface area contributed by atoms with Gasteiger partial charge in [-0.25, -0.2) is 9.78 Å². The van der Waals surface area contributed by atoms with Gasteiger partial charge in [-0.1, -0.05) is 44.2 Å². The number of benzene rings is 1. The molecule has 1 heterocycles. The number of thiazole rings is 1. The van der Waals surface area contributed by atoms with Crippen molar-refractivity contribution in [2.24, 2.45) is 5.92 Å². The predicted octanol–water partition coefficient (Wildman–Crippen LogP) is 2.97. The van der Waals surface area contributed by atoms with Crippen molar-refractivity contribution in [3.05, 3.63) is 47.0 Å². The molecular formula is C19H22N4O3S. The maximum atomic E-state index is 12.1. The van der Waals surface area contributed by atoms with E-state index in [0.29, 0.717) is 11.7 Å². The topological polar surface area (TPSA) is 104 Å². The van der Waals surface area contributed by atoms with E-state index in [1.54, 1.807) is 12.3 Å². The Morgan fingerprint density at radius 1 is 1.33 bits per heavy atom. The fraction of sp³-hybridized carbons (Fsp3) is 0.368. The number of ether oxygens (including phenoxy) is 1. The molecule has 0 bridgehead atoms. The van der Waals surface area contributed by atoms with Gasteiger partial charge in [-0.15, -0.1) is 11.3 Å². The Bertz CT molecular complexity index is 829. The Balaban J connectivity index is 1.83. The first-order valence-electron chi connectivity index (χ1n) is 8.47. The quantitative estimate of drug-likeness (QED) is 0.676. The minimum atomic E-state index is -1.02. The molecule has 2 aromatic rings. The number of nitriles is 1. The van der Waals surface area contributed by atoms with E-state index in [1.807, 2.05) is 44.2 Å². The van der Waals surface area contributed by atoms with Gasteiger partial charge in [0.25, 0.3) is 5.91 Å². The number of esters is 1. The lowest BCUT2D eigenvalue weighted by molar-refractivity contribution is -0.125. The summed E-state index contributed by atoms with van der Waals surface area (Å²) in [5.74, 6) is -1.30. The Labute approximate surface area is 162 Å². The number of rotatable bonds is 8. The number of aromatic nitrogens is 1. The summed E-state index contributed by atoms with van der Waals surface area (Å²) in [6, 6.07) is 11.9. The van der Waals surface area contributed by atoms with Crippen molar-refractivity contribution in [1.82, 2.24) is 10.3 Å². The summed E-state index contributed by atoms with van der Waals surface area (Å²) in [5, 5.41) is 17.1. The van der Waals surface area contributed by atoms with E-state index in [1.165, 1.54) is 11.3 Å². The van der Waals surface area contributed by atoms with Crippen LogP contribution in [0.15, 0.2) is 35.7 Å². The van der Waals surface area contributed by atoms with Crippen molar-refractivity contribution < 1.29 is 14.3 Å². The monoisotopic (exact) mass is 386 g/mol. The molecule has 0 aliphatic heterocycles. The van der Waals surface area contributed by atoms with Crippen molar-refractivity contribution in [2.45, 2.75) is 32.9 Å². The smallest absolute Gasteiger partial charge is 0.358 e. The maximum Gasteiger partial charge on any atom is 0.358 e. The van der Waals surface area contributed by atoms with Gasteiger partial charge in [0.1, 0.15) is 5.54 Å². The first-order valence-corrected chi connectivity index (χ1v) is 9.34. The number of amides is 1. The minimum Gasteiger partial charge on any atom is -0.451 e. The molecule has 0 spiro atoms. The summed E-state index contributed by atoms with van der Waals surface area (Å²) in [5.41, 5.74) is 0.216. The Morgan fingerprint density at radius 2 is 2.04 bits per heavy atom. The third kappa shape index (κ3) is 5.79. The lowest BCUT2D eigenvalue weighted by atomic mass is 9.90. The van der Waals surface area contributed by atoms with Crippen molar-refractivity contribution >= 4 is 28.3 Å². The average Bonchev–Trinajstić information content (AvgIpc) is 3.14. The number of anilines is 1. The molecule has 7 nitrogen and oxygen atoms in total. The van der Waals surface area contributed by atoms with Crippen LogP contribution in [0.3, 0.4) is 0 Å². The third-order valence-electron chi connectivity index (χ3n) is 4.12. The molecule has 0 aliphatic rings. The second kappa shape index (κ2) is 9.14. The first kappa shape index (κ1) is 20.4. The van der Waals surface area contributed by atoms with Gasteiger partial charge in [-0.3, -0.25) is 4.79 Å². The number of hydrogen-bond acceptors (Lipinski definition) is 7. The summed E-state index contributed by atoms with van der Waals surface area (Å²) in [7, 11) is 0. The summed E-state index contributed by atoms with van der Waals surface area (Å²) < 4.78 is 4.99. The van der Waals surface area contributed by atoms with Crippen LogP contribution in [0.5, 0.6) is 0 Å². The van der Waals surface area contributed by atoms with Crippen molar-refractivity contribution in [3.8, 4) is 6.07 Å². The van der Waals surface area contributed by atoms with Crippen LogP contribution < -0.4 is 10.6 Å². The maximum absolute atomic E-state index is 12.1. The fourth-order valence-corrected chi connectivity index (χ4v) is 2.73. The zero-order chi connectivity index (χ0) is 19.9. The minimum absolute atomic E-state index is 0.0843. The van der Waals surface area contributed by atoms with Crippen LogP contribution in [-0.4, -0.2) is 29.0 Å². The number of nitrogens with one attached hydrogen (secondary N) is 2. The number of hydrogen-bond donors (Lipinski definition) is 2. The molecule has 0 saturated heterocycles. The molecule has 142 valence electrons. The molecule has 0 aliphatic carbocycles. The molecule has 8 heteroatoms. The van der Waals surface area contributed by atoms with Gasteiger partial charge in [0.05, 0.1) is 6.07 Å². The highest BCUT2D eigenvalue weighted by Gasteiger charge is 2.30. The Morgan fingerprint density at radius 3 is 2.67 bits per heavy atom. The zero-order valence-corrected chi connectivity index (χ0v) is 16.3. The summed E-state index contributed by atoms with van der Waals surface area (Å²) in [6.45, 7) is 5.41. The van der Waals surface area contributed by atoms with Crippen LogP contribution in [0.2, 0.25) is 0 Å². The van der Waals surface area contributed by atoms with E-state index in [-0.39, 0.29) is 11.6 Å². The molecule has 1 aromatic carbocycles. The number of nitrogens with zero attached hydrogens (tertiary/aromatic N) is 2. The second-order valence-electron chi connectivity index (χ2n) is 6.47. The molecule has 1 atom stereocenters. The van der Waals surface area contributed by atoms with E-state index in [0.717, 1.165) is 5.56 Å². The van der Waals surface area contributed by atoms with Gasteiger partial charge >= 0.3 is 5.97 Å². The third-order valence-corrected chi connectivity index (χ3v) is 4.92. The van der Waals surface area contributed by atoms with E-state index in [4.69, 9.17) is 4.74 Å². The second-order valence-corrected chi connectivity index (χ2v) is 7.33. The Hall–Kier alpha value is -2.92. The highest BCUT2D eigenvalue weighted by Crippen LogP contribution is 2.17. The Kier molecular flexibility index (Phi) is 6.91. The molecule has 0 radical (unpaired) electrons. The standard InChI is InChI=1S/C19H22N4O3S/c1-13(2)19(3,12-20)23-16(24)10-26-17(25)15-11-27-18(22-15)21-9-14-7-5-4-6-8-14/h4-8,11,13H,9-10H2,1-3H3,(H,21,22)(H,23,24)/t19-/m0/s1. The lowest BCUT2D eigenvalue weighted by Crippen LogP contribution is -2.50. The zero-order valence-electron chi connectivity index (χ0n) is 15.5. The van der Waals surface area contributed by atoms with Crippen molar-refractivity contribution in [1.29, 1.82) is 5.26 Å². The van der Waals surface area contributed by atoms with Crippen LogP contribution in [-0.2, 0) is 16.1 Å². The van der Waals surface area contributed by atoms with Gasteiger partial charge < -0.3 is 15.4 Å². The molecule has 0 fully saturated rings. The molecule has 1 amide bonds. The van der Waals surface area contributed by atoms with Crippen molar-refractivity contribution in [2.75, 3.05) is 11.9 Å². The SMILES string of the molecule is CC(C)[C@](C)(C#N)NC(=O)COC(=O)c1csc(NCc2ccccc2)n1. The van der Waals surface area contributed by atoms with Crippen LogP contribution >= 0.6 is 11.3 Å². The van der Waals surface area contributed by atoms with Crippen molar-refractivity contribution in [3.63, 3.8) is 0 Å². The highest BCUT2D eigenvalue weighted by atomic mass is 32.1. The summed E-state index contributed by atoms with van der Waals surface area (Å²) in [4.78, 5) is 28.2. The average molecular weight is 386 g/mol. The number of carbonyl (C=O) groups is 2. The molecule has 27 heavy (non-hydrogen) atoms. The van der Waals surface area contributed by atoms with Crippen LogP contribution in [0, 0.1) is 17.2 Å². The molecule has 0 unspecified atom stereocenters. The molecule has 2 N–H and O–H groups in total. The van der Waals surface area contributed by atoms with Gasteiger partial charge in [0.15, 0.2) is 17.4 Å². The van der Waals surface area contributed by atoms with Crippen LogP contribution in [0.25, 0.3) is 0 Å². The van der Waals surface area contributed by atoms with E-state index < -0.39 is 24.0 Å². The van der Waals surface area contributed by atoms with E-state index in [2.05, 4.69) is 21.7 Å². The fourth-order valence-electron chi connectivity index (χ4n) is 2.05. The lowest BCUT2D eigenvalue weighted by Gasteiger charge is -2.27. The van der Waals surface area contributed by atoms with Gasteiger partial charge in [-0.2, -0.15) is 5.26 Å². The van der Waals surface area contributed by atoms with E-state index in [9.17, 15) is 14.9 Å². The molecule has 2 rings (SSSR count). The van der Waals surface area contributed by atoms with Gasteiger partial charge in [0, 0.05) is 11.9 Å². The van der Waals surface area contributed by atoms with Gasteiger partial charge in [-0.05, 0) is 18.4 Å². The summed E-state index contributed by atoms with van der Waals surface area (Å²) >= 11 is 1.28. The molecular weight excluding hydrogens is 364 g/mol. The van der Waals surface area contributed by atoms with Crippen LogP contribution in [0.4, 0.5) is 5.13 Å². The first-order chi connectivity index (χ1) is 12.8. The largest absolute Gasteiger partial charge is 0.451 e. The molecule has 0 saturated carbocycles. The highest BCUT2D eigenvalue weighted by molar-refractivity contribution is 7.13. The van der Waals surface area contributed by atoms with E-state index >= 15 is 0 Å². The predicted molar refractivity (Wildman–Crippen MR) is 103 cm³/mol. The normalized spacial score (nSPS) is 12.7. The van der Waals surface area contributed by atoms with Gasteiger partial charge in [0.2, 0.25) is 0 Å². The number of carbonyl (C=O) groups excluding carboxylic acids is 2. The summed E-state index contributed by atoms with van der Waals surface area (Å²) in [6.07, 6.45) is 0. The van der Waals surface area contributed by atoms with Crippen LogP contribution in [0.1, 0.15) is 36.8 Å².